The van der Waals surface area contributed by atoms with Gasteiger partial charge < -0.3 is 0 Å². The maximum absolute atomic E-state index is 11.4. The van der Waals surface area contributed by atoms with Gasteiger partial charge in [0.25, 0.3) is 5.78 Å². The molecule has 5 heteroatoms. The Kier molecular flexibility index (Phi) is 2.15. The average Bonchev–Trinajstić information content (AvgIpc) is 2.63. The molecule has 0 aromatic carbocycles. The van der Waals surface area contributed by atoms with Gasteiger partial charge in [0.15, 0.2) is 0 Å². The summed E-state index contributed by atoms with van der Waals surface area (Å²) in [5.41, 5.74) is 0.163. The maximum atomic E-state index is 11.4. The van der Waals surface area contributed by atoms with E-state index >= 15 is 0 Å². The molecule has 14 heavy (non-hydrogen) atoms. The van der Waals surface area contributed by atoms with E-state index in [0.29, 0.717) is 0 Å². The Bertz CT molecular complexity index is 340. The number of carbonyl (C=O) groups is 3. The number of hydrogen-bond acceptors (Lipinski definition) is 3. The zero-order valence-electron chi connectivity index (χ0n) is 7.58. The second-order valence-corrected chi connectivity index (χ2v) is 3.57. The molecule has 0 radical (unpaired) electrons. The highest BCUT2D eigenvalue weighted by Gasteiger charge is 2.34. The minimum atomic E-state index is -0.841. The lowest BCUT2D eigenvalue weighted by Gasteiger charge is -2.14. The molecule has 1 aliphatic heterocycles. The molecule has 0 atom stereocenters. The number of carbonyl (C=O) groups excluding carboxylic acids is 3. The number of nitrogens with one attached hydrogen (secondary N) is 1. The predicted molar refractivity (Wildman–Crippen MR) is 47.9 cm³/mol. The highest BCUT2D eigenvalue weighted by atomic mass is 16.2. The third kappa shape index (κ3) is 1.45. The van der Waals surface area contributed by atoms with Crippen LogP contribution in [0.4, 0.5) is 4.79 Å². The standard InChI is InChI=1S/C9H10N2O3/c12-7-6(5-3-1-2-4-5)10-9(14)11-8(7)13/h5H,1-4H2,(H,11,13,14). The van der Waals surface area contributed by atoms with E-state index in [9.17, 15) is 14.4 Å². The number of hydrogen-bond donors (Lipinski definition) is 1. The number of aliphatic imine (C=N–C) groups is 1. The second kappa shape index (κ2) is 3.32. The minimum Gasteiger partial charge on any atom is -0.282 e. The predicted octanol–water partition coefficient (Wildman–Crippen LogP) is 0.437. The fraction of sp³-hybridized carbons (Fsp3) is 0.556. The van der Waals surface area contributed by atoms with E-state index in [-0.39, 0.29) is 11.6 Å². The summed E-state index contributed by atoms with van der Waals surface area (Å²) in [6.07, 6.45) is 3.77. The number of amides is 3. The fourth-order valence-electron chi connectivity index (χ4n) is 1.93. The number of urea groups is 1. The molecule has 1 heterocycles. The summed E-state index contributed by atoms with van der Waals surface area (Å²) in [7, 11) is 0. The van der Waals surface area contributed by atoms with Gasteiger partial charge in [0.05, 0.1) is 0 Å². The van der Waals surface area contributed by atoms with Gasteiger partial charge in [-0.25, -0.2) is 4.79 Å². The van der Waals surface area contributed by atoms with Crippen LogP contribution in [0.5, 0.6) is 0 Å². The van der Waals surface area contributed by atoms with Crippen LogP contribution in [0.25, 0.3) is 0 Å². The van der Waals surface area contributed by atoms with Gasteiger partial charge in [-0.05, 0) is 12.8 Å². The van der Waals surface area contributed by atoms with E-state index < -0.39 is 17.7 Å². The normalized spacial score (nSPS) is 23.7. The van der Waals surface area contributed by atoms with Crippen LogP contribution in [-0.4, -0.2) is 23.4 Å². The first-order valence-electron chi connectivity index (χ1n) is 4.66. The molecule has 3 amide bonds. The lowest BCUT2D eigenvalue weighted by molar-refractivity contribution is -0.133. The second-order valence-electron chi connectivity index (χ2n) is 3.57. The molecule has 0 aromatic rings. The van der Waals surface area contributed by atoms with Crippen LogP contribution < -0.4 is 5.32 Å². The number of Topliss-reactive ketones (excluding diaryl/α,β-unsaturated/α-hetero) is 1. The first kappa shape index (κ1) is 9.05. The highest BCUT2D eigenvalue weighted by molar-refractivity contribution is 6.68. The summed E-state index contributed by atoms with van der Waals surface area (Å²) in [5, 5.41) is 1.87. The molecular weight excluding hydrogens is 184 g/mol. The molecule has 0 bridgehead atoms. The molecule has 1 saturated carbocycles. The molecule has 1 fully saturated rings. The van der Waals surface area contributed by atoms with Crippen molar-refractivity contribution in [2.45, 2.75) is 25.7 Å². The van der Waals surface area contributed by atoms with E-state index in [1.165, 1.54) is 0 Å². The van der Waals surface area contributed by atoms with Crippen LogP contribution in [0.1, 0.15) is 25.7 Å². The molecule has 0 spiro atoms. The fourth-order valence-corrected chi connectivity index (χ4v) is 1.93. The Morgan fingerprint density at radius 3 is 2.43 bits per heavy atom. The van der Waals surface area contributed by atoms with E-state index in [0.717, 1.165) is 25.7 Å². The average molecular weight is 194 g/mol. The largest absolute Gasteiger partial charge is 0.348 e. The maximum Gasteiger partial charge on any atom is 0.348 e. The monoisotopic (exact) mass is 194 g/mol. The van der Waals surface area contributed by atoms with Crippen molar-refractivity contribution in [1.29, 1.82) is 0 Å². The van der Waals surface area contributed by atoms with Gasteiger partial charge in [0.1, 0.15) is 5.71 Å². The van der Waals surface area contributed by atoms with Crippen molar-refractivity contribution in [2.24, 2.45) is 10.9 Å². The van der Waals surface area contributed by atoms with Crippen molar-refractivity contribution in [2.75, 3.05) is 0 Å². The number of nitrogens with zero attached hydrogens (tertiary/aromatic N) is 1. The zero-order chi connectivity index (χ0) is 10.1. The van der Waals surface area contributed by atoms with Crippen LogP contribution in [0.2, 0.25) is 0 Å². The van der Waals surface area contributed by atoms with Crippen molar-refractivity contribution in [1.82, 2.24) is 5.32 Å². The topological polar surface area (TPSA) is 75.6 Å². The van der Waals surface area contributed by atoms with Crippen LogP contribution >= 0.6 is 0 Å². The summed E-state index contributed by atoms with van der Waals surface area (Å²) >= 11 is 0. The Hall–Kier alpha value is -1.52. The molecule has 2 rings (SSSR count). The zero-order valence-corrected chi connectivity index (χ0v) is 7.58. The molecular formula is C9H10N2O3. The first-order valence-corrected chi connectivity index (χ1v) is 4.66. The van der Waals surface area contributed by atoms with Crippen molar-refractivity contribution in [3.8, 4) is 0 Å². The molecule has 5 nitrogen and oxygen atoms in total. The van der Waals surface area contributed by atoms with Crippen molar-refractivity contribution in [3.05, 3.63) is 0 Å². The van der Waals surface area contributed by atoms with E-state index in [1.807, 2.05) is 5.32 Å². The van der Waals surface area contributed by atoms with Gasteiger partial charge in [-0.15, -0.1) is 0 Å². The van der Waals surface area contributed by atoms with Gasteiger partial charge in [0.2, 0.25) is 0 Å². The Morgan fingerprint density at radius 2 is 1.79 bits per heavy atom. The van der Waals surface area contributed by atoms with Crippen LogP contribution in [-0.2, 0) is 9.59 Å². The van der Waals surface area contributed by atoms with E-state index in [4.69, 9.17) is 0 Å². The lowest BCUT2D eigenvalue weighted by atomic mass is 9.97. The number of rotatable bonds is 1. The lowest BCUT2D eigenvalue weighted by Crippen LogP contribution is -2.45. The Balaban J connectivity index is 2.27. The minimum absolute atomic E-state index is 0.0116. The van der Waals surface area contributed by atoms with Crippen molar-refractivity contribution in [3.63, 3.8) is 0 Å². The Labute approximate surface area is 80.6 Å². The van der Waals surface area contributed by atoms with Gasteiger partial charge >= 0.3 is 11.9 Å². The first-order chi connectivity index (χ1) is 6.68. The smallest absolute Gasteiger partial charge is 0.282 e. The van der Waals surface area contributed by atoms with Gasteiger partial charge in [0, 0.05) is 5.92 Å². The molecule has 74 valence electrons. The quantitative estimate of drug-likeness (QED) is 0.615. The molecule has 0 saturated heterocycles. The van der Waals surface area contributed by atoms with Crippen molar-refractivity contribution >= 4 is 23.4 Å². The SMILES string of the molecule is O=C1N=C(C2CCCC2)C(=O)C(=O)N1. The third-order valence-corrected chi connectivity index (χ3v) is 2.62. The van der Waals surface area contributed by atoms with Gasteiger partial charge in [-0.2, -0.15) is 4.99 Å². The Morgan fingerprint density at radius 1 is 1.14 bits per heavy atom. The molecule has 2 aliphatic rings. The molecule has 1 N–H and O–H groups in total. The molecule has 0 aromatic heterocycles. The van der Waals surface area contributed by atoms with Crippen LogP contribution in [0.3, 0.4) is 0 Å². The highest BCUT2D eigenvalue weighted by Crippen LogP contribution is 2.27. The molecule has 0 unspecified atom stereocenters. The summed E-state index contributed by atoms with van der Waals surface area (Å²) in [6, 6.07) is -0.712. The third-order valence-electron chi connectivity index (χ3n) is 2.62. The summed E-state index contributed by atoms with van der Waals surface area (Å²) in [5.74, 6) is -1.47. The van der Waals surface area contributed by atoms with E-state index in [2.05, 4.69) is 4.99 Å². The number of imide groups is 1. The van der Waals surface area contributed by atoms with Crippen molar-refractivity contribution < 1.29 is 14.4 Å². The summed E-state index contributed by atoms with van der Waals surface area (Å²) < 4.78 is 0. The summed E-state index contributed by atoms with van der Waals surface area (Å²) in [6.45, 7) is 0. The molecule has 1 aliphatic carbocycles. The van der Waals surface area contributed by atoms with Crippen LogP contribution in [0, 0.1) is 5.92 Å². The summed E-state index contributed by atoms with van der Waals surface area (Å²) in [4.78, 5) is 36.9. The van der Waals surface area contributed by atoms with Crippen LogP contribution in [0.15, 0.2) is 4.99 Å². The van der Waals surface area contributed by atoms with E-state index in [1.54, 1.807) is 0 Å². The van der Waals surface area contributed by atoms with Gasteiger partial charge in [-0.3, -0.25) is 14.9 Å². The van der Waals surface area contributed by atoms with Gasteiger partial charge in [-0.1, -0.05) is 12.8 Å². The number of ketones is 1.